The van der Waals surface area contributed by atoms with E-state index in [1.54, 1.807) is 21.0 Å². The second kappa shape index (κ2) is 10.8. The first-order valence-electron chi connectivity index (χ1n) is 11.1. The number of carbonyl (C=O) groups is 1. The number of unbranched alkanes of at least 4 members (excludes halogenated alkanes) is 1. The SMILES string of the molecule is CCC1(C)C(=O)N(c2cnc(C#N)c(C(F)(F)F)c2)C(=S)N1c1ccc(OCCCCOC)c(F)c1. The fourth-order valence-electron chi connectivity index (χ4n) is 3.82. The summed E-state index contributed by atoms with van der Waals surface area (Å²) in [7, 11) is 1.59. The highest BCUT2D eigenvalue weighted by Crippen LogP contribution is 2.41. The van der Waals surface area contributed by atoms with Gasteiger partial charge in [-0.25, -0.2) is 9.37 Å². The molecule has 1 fully saturated rings. The van der Waals surface area contributed by atoms with E-state index >= 15 is 0 Å². The van der Waals surface area contributed by atoms with Crippen LogP contribution in [0.5, 0.6) is 5.75 Å². The molecule has 192 valence electrons. The Morgan fingerprint density at radius 2 is 1.89 bits per heavy atom. The minimum Gasteiger partial charge on any atom is -0.491 e. The Morgan fingerprint density at radius 3 is 2.47 bits per heavy atom. The highest BCUT2D eigenvalue weighted by Gasteiger charge is 2.53. The molecule has 0 bridgehead atoms. The van der Waals surface area contributed by atoms with Crippen molar-refractivity contribution in [3.63, 3.8) is 0 Å². The van der Waals surface area contributed by atoms with E-state index in [1.165, 1.54) is 29.2 Å². The molecule has 0 radical (unpaired) electrons. The lowest BCUT2D eigenvalue weighted by molar-refractivity contribution is -0.138. The second-order valence-corrected chi connectivity index (χ2v) is 8.61. The molecule has 0 saturated carbocycles. The monoisotopic (exact) mass is 524 g/mol. The normalized spacial score (nSPS) is 18.1. The van der Waals surface area contributed by atoms with E-state index in [0.717, 1.165) is 17.5 Å². The first-order chi connectivity index (χ1) is 17.0. The Kier molecular flexibility index (Phi) is 8.15. The molecule has 1 amide bonds. The van der Waals surface area contributed by atoms with Crippen LogP contribution in [0.15, 0.2) is 30.5 Å². The molecule has 1 atom stereocenters. The number of methoxy groups -OCH3 is 1. The number of anilines is 2. The van der Waals surface area contributed by atoms with Crippen LogP contribution in [0, 0.1) is 17.1 Å². The summed E-state index contributed by atoms with van der Waals surface area (Å²) >= 11 is 5.49. The van der Waals surface area contributed by atoms with Gasteiger partial charge in [-0.15, -0.1) is 0 Å². The molecule has 0 aliphatic carbocycles. The van der Waals surface area contributed by atoms with E-state index in [2.05, 4.69) is 4.98 Å². The van der Waals surface area contributed by atoms with Crippen LogP contribution in [-0.2, 0) is 15.7 Å². The Labute approximate surface area is 211 Å². The molecular weight excluding hydrogens is 500 g/mol. The molecule has 7 nitrogen and oxygen atoms in total. The van der Waals surface area contributed by atoms with Crippen LogP contribution in [0.4, 0.5) is 28.9 Å². The van der Waals surface area contributed by atoms with Gasteiger partial charge in [0, 0.05) is 25.5 Å². The first-order valence-corrected chi connectivity index (χ1v) is 11.5. The van der Waals surface area contributed by atoms with E-state index in [1.807, 2.05) is 0 Å². The number of halogens is 4. The molecule has 1 aliphatic rings. The maximum absolute atomic E-state index is 14.9. The van der Waals surface area contributed by atoms with Crippen LogP contribution in [0.3, 0.4) is 0 Å². The summed E-state index contributed by atoms with van der Waals surface area (Å²) in [5, 5.41) is 8.87. The van der Waals surface area contributed by atoms with Crippen molar-refractivity contribution in [3.05, 3.63) is 47.5 Å². The number of rotatable bonds is 9. The number of nitrogens with zero attached hydrogens (tertiary/aromatic N) is 4. The van der Waals surface area contributed by atoms with E-state index in [9.17, 15) is 22.4 Å². The summed E-state index contributed by atoms with van der Waals surface area (Å²) in [6.45, 7) is 4.13. The number of alkyl halides is 3. The van der Waals surface area contributed by atoms with Gasteiger partial charge in [0.15, 0.2) is 22.4 Å². The van der Waals surface area contributed by atoms with E-state index in [0.29, 0.717) is 19.1 Å². The minimum atomic E-state index is -4.87. The Balaban J connectivity index is 1.95. The van der Waals surface area contributed by atoms with Crippen LogP contribution < -0.4 is 14.5 Å². The number of carbonyl (C=O) groups excluding carboxylic acids is 1. The van der Waals surface area contributed by atoms with Crippen molar-refractivity contribution >= 4 is 34.6 Å². The third kappa shape index (κ3) is 5.12. The number of hydrogen-bond acceptors (Lipinski definition) is 6. The molecule has 1 saturated heterocycles. The van der Waals surface area contributed by atoms with E-state index < -0.39 is 34.7 Å². The summed E-state index contributed by atoms with van der Waals surface area (Å²) < 4.78 is 65.8. The van der Waals surface area contributed by atoms with Crippen molar-refractivity contribution in [2.24, 2.45) is 0 Å². The van der Waals surface area contributed by atoms with Crippen molar-refractivity contribution < 1.29 is 31.8 Å². The van der Waals surface area contributed by atoms with Crippen molar-refractivity contribution in [1.29, 1.82) is 5.26 Å². The average Bonchev–Trinajstić information content (AvgIpc) is 3.04. The number of thiocarbonyl (C=S) groups is 1. The lowest BCUT2D eigenvalue weighted by atomic mass is 9.96. The lowest BCUT2D eigenvalue weighted by Gasteiger charge is -2.32. The van der Waals surface area contributed by atoms with Gasteiger partial charge in [0.2, 0.25) is 0 Å². The average molecular weight is 525 g/mol. The van der Waals surface area contributed by atoms with Gasteiger partial charge in [-0.1, -0.05) is 6.92 Å². The van der Waals surface area contributed by atoms with Crippen molar-refractivity contribution in [3.8, 4) is 11.8 Å². The maximum Gasteiger partial charge on any atom is 0.419 e. The lowest BCUT2D eigenvalue weighted by Crippen LogP contribution is -2.46. The highest BCUT2D eigenvalue weighted by molar-refractivity contribution is 7.81. The molecule has 3 rings (SSSR count). The summed E-state index contributed by atoms with van der Waals surface area (Å²) in [6.07, 6.45) is -2.24. The predicted octanol–water partition coefficient (Wildman–Crippen LogP) is 5.22. The number of pyridine rings is 1. The smallest absolute Gasteiger partial charge is 0.419 e. The summed E-state index contributed by atoms with van der Waals surface area (Å²) in [5.41, 5.74) is -3.41. The predicted molar refractivity (Wildman–Crippen MR) is 128 cm³/mol. The number of benzene rings is 1. The molecule has 1 unspecified atom stereocenters. The topological polar surface area (TPSA) is 78.7 Å². The van der Waals surface area contributed by atoms with Crippen LogP contribution in [0.25, 0.3) is 0 Å². The van der Waals surface area contributed by atoms with Crippen molar-refractivity contribution in [1.82, 2.24) is 4.98 Å². The van der Waals surface area contributed by atoms with Crippen LogP contribution in [-0.4, -0.2) is 41.9 Å². The third-order valence-corrected chi connectivity index (χ3v) is 6.31. The summed E-state index contributed by atoms with van der Waals surface area (Å²) in [4.78, 5) is 19.4. The Morgan fingerprint density at radius 1 is 1.19 bits per heavy atom. The zero-order valence-corrected chi connectivity index (χ0v) is 20.7. The molecule has 1 aromatic carbocycles. The van der Waals surface area contributed by atoms with Crippen LogP contribution >= 0.6 is 12.2 Å². The molecule has 1 aromatic heterocycles. The molecule has 0 N–H and O–H groups in total. The van der Waals surface area contributed by atoms with Gasteiger partial charge in [0.1, 0.15) is 11.6 Å². The quantitative estimate of drug-likeness (QED) is 0.253. The molecule has 1 aliphatic heterocycles. The molecule has 0 spiro atoms. The van der Waals surface area contributed by atoms with Gasteiger partial charge in [0.25, 0.3) is 5.91 Å². The second-order valence-electron chi connectivity index (χ2n) is 8.25. The number of aromatic nitrogens is 1. The third-order valence-electron chi connectivity index (χ3n) is 5.95. The molecule has 2 aromatic rings. The minimum absolute atomic E-state index is 0.0220. The van der Waals surface area contributed by atoms with Gasteiger partial charge >= 0.3 is 6.18 Å². The van der Waals surface area contributed by atoms with Gasteiger partial charge < -0.3 is 14.4 Å². The van der Waals surface area contributed by atoms with Gasteiger partial charge in [-0.3, -0.25) is 9.69 Å². The number of ether oxygens (including phenoxy) is 2. The summed E-state index contributed by atoms with van der Waals surface area (Å²) in [5.74, 6) is -1.26. The van der Waals surface area contributed by atoms with Gasteiger partial charge in [-0.05, 0) is 56.6 Å². The zero-order chi connectivity index (χ0) is 26.7. The van der Waals surface area contributed by atoms with Crippen LogP contribution in [0.2, 0.25) is 0 Å². The Hall–Kier alpha value is -3.30. The number of nitriles is 1. The van der Waals surface area contributed by atoms with E-state index in [-0.39, 0.29) is 35.3 Å². The fourth-order valence-corrected chi connectivity index (χ4v) is 4.32. The molecule has 36 heavy (non-hydrogen) atoms. The molecule has 12 heteroatoms. The van der Waals surface area contributed by atoms with E-state index in [4.69, 9.17) is 27.0 Å². The Bertz CT molecular complexity index is 1200. The van der Waals surface area contributed by atoms with Crippen molar-refractivity contribution in [2.75, 3.05) is 30.1 Å². The molecule has 2 heterocycles. The van der Waals surface area contributed by atoms with Gasteiger partial charge in [-0.2, -0.15) is 18.4 Å². The summed E-state index contributed by atoms with van der Waals surface area (Å²) in [6, 6.07) is 6.18. The molecular formula is C24H24F4N4O3S. The largest absolute Gasteiger partial charge is 0.491 e. The zero-order valence-electron chi connectivity index (χ0n) is 19.9. The standard InChI is InChI=1S/C24H24F4N4O3S/c1-4-23(2)21(33)31(16-11-17(24(26,27)28)19(13-29)30-14-16)22(36)32(23)15-7-8-20(18(25)12-15)35-10-6-5-9-34-3/h7-8,11-12,14H,4-6,9-10H2,1-3H3. The fraction of sp³-hybridized carbons (Fsp3) is 0.417. The van der Waals surface area contributed by atoms with Crippen LogP contribution in [0.1, 0.15) is 44.4 Å². The van der Waals surface area contributed by atoms with Gasteiger partial charge in [0.05, 0.1) is 24.1 Å². The number of hydrogen-bond donors (Lipinski definition) is 0. The maximum atomic E-state index is 14.9. The number of amides is 1. The van der Waals surface area contributed by atoms with Crippen molar-refractivity contribution in [2.45, 2.75) is 44.8 Å². The highest BCUT2D eigenvalue weighted by atomic mass is 32.1. The first kappa shape index (κ1) is 27.3.